The molecule has 156 valence electrons. The number of para-hydroxylation sites is 1. The Morgan fingerprint density at radius 1 is 1.21 bits per heavy atom. The van der Waals surface area contributed by atoms with Crippen molar-refractivity contribution in [3.05, 3.63) is 59.7 Å². The highest BCUT2D eigenvalue weighted by Crippen LogP contribution is 2.40. The van der Waals surface area contributed by atoms with Gasteiger partial charge in [0.25, 0.3) is 0 Å². The summed E-state index contributed by atoms with van der Waals surface area (Å²) >= 11 is 0. The molecule has 0 unspecified atom stereocenters. The van der Waals surface area contributed by atoms with Crippen LogP contribution in [0.15, 0.2) is 48.5 Å². The van der Waals surface area contributed by atoms with Gasteiger partial charge in [-0.15, -0.1) is 0 Å². The van der Waals surface area contributed by atoms with Crippen LogP contribution in [0.1, 0.15) is 44.4 Å². The van der Waals surface area contributed by atoms with Crippen molar-refractivity contribution in [2.75, 3.05) is 10.6 Å². The zero-order chi connectivity index (χ0) is 21.4. The molecule has 0 saturated carbocycles. The molecule has 0 spiro atoms. The second-order valence-electron chi connectivity index (χ2n) is 8.24. The van der Waals surface area contributed by atoms with Crippen LogP contribution in [0.5, 0.6) is 5.75 Å². The predicted octanol–water partition coefficient (Wildman–Crippen LogP) is 3.57. The molecule has 6 nitrogen and oxygen atoms in total. The zero-order valence-electron chi connectivity index (χ0n) is 17.5. The van der Waals surface area contributed by atoms with E-state index < -0.39 is 21.7 Å². The lowest BCUT2D eigenvalue weighted by Crippen LogP contribution is -2.50. The van der Waals surface area contributed by atoms with Gasteiger partial charge < -0.3 is 10.1 Å². The number of hydrogen-bond acceptors (Lipinski definition) is 4. The Kier molecular flexibility index (Phi) is 5.63. The minimum absolute atomic E-state index is 0.263. The van der Waals surface area contributed by atoms with Gasteiger partial charge in [0.2, 0.25) is 15.9 Å². The molecule has 1 heterocycles. The molecular weight excluding hydrogens is 388 g/mol. The topological polar surface area (TPSA) is 75.7 Å². The summed E-state index contributed by atoms with van der Waals surface area (Å²) in [6.45, 7) is 7.55. The molecule has 0 bridgehead atoms. The fourth-order valence-corrected chi connectivity index (χ4v) is 4.95. The van der Waals surface area contributed by atoms with E-state index in [4.69, 9.17) is 4.74 Å². The van der Waals surface area contributed by atoms with Crippen LogP contribution in [-0.4, -0.2) is 32.2 Å². The number of nitrogens with one attached hydrogen (secondary N) is 1. The van der Waals surface area contributed by atoms with Crippen LogP contribution >= 0.6 is 0 Å². The number of rotatable bonds is 5. The first-order chi connectivity index (χ1) is 13.5. The van der Waals surface area contributed by atoms with E-state index in [0.717, 1.165) is 27.4 Å². The van der Waals surface area contributed by atoms with Gasteiger partial charge in [-0.1, -0.05) is 35.9 Å². The van der Waals surface area contributed by atoms with Gasteiger partial charge in [-0.2, -0.15) is 0 Å². The Balaban J connectivity index is 1.90. The van der Waals surface area contributed by atoms with E-state index in [9.17, 15) is 13.2 Å². The number of carbonyl (C=O) groups is 1. The summed E-state index contributed by atoms with van der Waals surface area (Å²) in [5.41, 5.74) is 2.00. The van der Waals surface area contributed by atoms with Crippen molar-refractivity contribution < 1.29 is 17.9 Å². The lowest BCUT2D eigenvalue weighted by molar-refractivity contribution is -0.123. The molecule has 0 aromatic heterocycles. The fourth-order valence-electron chi connectivity index (χ4n) is 3.78. The Morgan fingerprint density at radius 3 is 2.48 bits per heavy atom. The smallest absolute Gasteiger partial charge is 0.244 e. The van der Waals surface area contributed by atoms with Crippen molar-refractivity contribution in [2.45, 2.75) is 51.8 Å². The quantitative estimate of drug-likeness (QED) is 0.809. The third kappa shape index (κ3) is 4.72. The lowest BCUT2D eigenvalue weighted by atomic mass is 9.89. The Bertz CT molecular complexity index is 1000. The SMILES string of the molecule is Cc1ccc2c(c1)[C@@H](NC(=O)[C@H](C)N(c1ccccc1)S(C)(=O)=O)CC(C)(C)O2. The van der Waals surface area contributed by atoms with Gasteiger partial charge in [0, 0.05) is 12.0 Å². The van der Waals surface area contributed by atoms with Crippen molar-refractivity contribution in [1.82, 2.24) is 5.32 Å². The summed E-state index contributed by atoms with van der Waals surface area (Å²) in [4.78, 5) is 13.1. The Hall–Kier alpha value is -2.54. The highest BCUT2D eigenvalue weighted by atomic mass is 32.2. The minimum atomic E-state index is -3.65. The highest BCUT2D eigenvalue weighted by molar-refractivity contribution is 7.92. The number of nitrogens with zero attached hydrogens (tertiary/aromatic N) is 1. The second-order valence-corrected chi connectivity index (χ2v) is 10.1. The first kappa shape index (κ1) is 21.2. The average Bonchev–Trinajstić information content (AvgIpc) is 2.61. The van der Waals surface area contributed by atoms with Crippen LogP contribution in [0.2, 0.25) is 0 Å². The second kappa shape index (κ2) is 7.71. The first-order valence-corrected chi connectivity index (χ1v) is 11.5. The monoisotopic (exact) mass is 416 g/mol. The third-order valence-corrected chi connectivity index (χ3v) is 6.28. The number of fused-ring (bicyclic) bond motifs is 1. The van der Waals surface area contributed by atoms with Crippen LogP contribution in [-0.2, 0) is 14.8 Å². The molecule has 1 N–H and O–H groups in total. The summed E-state index contributed by atoms with van der Waals surface area (Å²) in [5, 5.41) is 3.05. The molecule has 2 aromatic rings. The van der Waals surface area contributed by atoms with Gasteiger partial charge in [0.05, 0.1) is 18.0 Å². The van der Waals surface area contributed by atoms with Gasteiger partial charge in [-0.3, -0.25) is 9.10 Å². The number of ether oxygens (including phenoxy) is 1. The maximum atomic E-state index is 13.1. The minimum Gasteiger partial charge on any atom is -0.487 e. The summed E-state index contributed by atoms with van der Waals surface area (Å²) in [5.74, 6) is 0.391. The van der Waals surface area contributed by atoms with E-state index in [0.29, 0.717) is 12.1 Å². The van der Waals surface area contributed by atoms with Gasteiger partial charge in [-0.25, -0.2) is 8.42 Å². The van der Waals surface area contributed by atoms with E-state index in [1.807, 2.05) is 39.0 Å². The molecule has 0 fully saturated rings. The molecule has 2 atom stereocenters. The fraction of sp³-hybridized carbons (Fsp3) is 0.409. The normalized spacial score (nSPS) is 18.9. The molecule has 1 amide bonds. The Morgan fingerprint density at radius 2 is 1.86 bits per heavy atom. The molecular formula is C22H28N2O4S. The van der Waals surface area contributed by atoms with Crippen LogP contribution in [0, 0.1) is 6.92 Å². The number of sulfonamides is 1. The van der Waals surface area contributed by atoms with Crippen molar-refractivity contribution in [2.24, 2.45) is 0 Å². The summed E-state index contributed by atoms with van der Waals surface area (Å²) in [6, 6.07) is 13.4. The average molecular weight is 417 g/mol. The molecule has 0 aliphatic carbocycles. The summed E-state index contributed by atoms with van der Waals surface area (Å²) in [7, 11) is -3.65. The molecule has 1 aliphatic heterocycles. The zero-order valence-corrected chi connectivity index (χ0v) is 18.3. The Labute approximate surface area is 172 Å². The van der Waals surface area contributed by atoms with Crippen molar-refractivity contribution in [3.63, 3.8) is 0 Å². The first-order valence-electron chi connectivity index (χ1n) is 9.62. The molecule has 0 saturated heterocycles. The van der Waals surface area contributed by atoms with Gasteiger partial charge >= 0.3 is 0 Å². The number of aryl methyl sites for hydroxylation is 1. The van der Waals surface area contributed by atoms with Crippen LogP contribution in [0.3, 0.4) is 0 Å². The number of carbonyl (C=O) groups excluding carboxylic acids is 1. The molecule has 0 radical (unpaired) electrons. The van der Waals surface area contributed by atoms with Crippen LogP contribution in [0.4, 0.5) is 5.69 Å². The van der Waals surface area contributed by atoms with Gasteiger partial charge in [0.1, 0.15) is 17.4 Å². The number of anilines is 1. The molecule has 3 rings (SSSR count). The highest BCUT2D eigenvalue weighted by Gasteiger charge is 2.37. The summed E-state index contributed by atoms with van der Waals surface area (Å²) in [6.07, 6.45) is 1.70. The maximum Gasteiger partial charge on any atom is 0.244 e. The number of hydrogen-bond donors (Lipinski definition) is 1. The molecule has 7 heteroatoms. The van der Waals surface area contributed by atoms with E-state index >= 15 is 0 Å². The van der Waals surface area contributed by atoms with Crippen molar-refractivity contribution in [3.8, 4) is 5.75 Å². The van der Waals surface area contributed by atoms with Crippen molar-refractivity contribution in [1.29, 1.82) is 0 Å². The van der Waals surface area contributed by atoms with E-state index in [-0.39, 0.29) is 11.9 Å². The van der Waals surface area contributed by atoms with Gasteiger partial charge in [0.15, 0.2) is 0 Å². The van der Waals surface area contributed by atoms with E-state index in [1.54, 1.807) is 37.3 Å². The largest absolute Gasteiger partial charge is 0.487 e. The molecule has 2 aromatic carbocycles. The van der Waals surface area contributed by atoms with Crippen LogP contribution in [0.25, 0.3) is 0 Å². The maximum absolute atomic E-state index is 13.1. The standard InChI is InChI=1S/C22H28N2O4S/c1-15-11-12-20-18(13-15)19(14-22(3,4)28-20)23-21(25)16(2)24(29(5,26)27)17-9-7-6-8-10-17/h6-13,16,19H,14H2,1-5H3,(H,23,25)/t16-,19-/m0/s1. The number of benzene rings is 2. The van der Waals surface area contributed by atoms with E-state index in [1.165, 1.54) is 0 Å². The van der Waals surface area contributed by atoms with Crippen molar-refractivity contribution >= 4 is 21.6 Å². The third-order valence-electron chi connectivity index (χ3n) is 5.04. The molecule has 29 heavy (non-hydrogen) atoms. The summed E-state index contributed by atoms with van der Waals surface area (Å²) < 4.78 is 32.1. The van der Waals surface area contributed by atoms with Crippen LogP contribution < -0.4 is 14.4 Å². The van der Waals surface area contributed by atoms with Gasteiger partial charge in [-0.05, 0) is 45.9 Å². The number of amides is 1. The lowest BCUT2D eigenvalue weighted by Gasteiger charge is -2.39. The van der Waals surface area contributed by atoms with E-state index in [2.05, 4.69) is 5.32 Å². The molecule has 1 aliphatic rings. The predicted molar refractivity (Wildman–Crippen MR) is 115 cm³/mol.